The van der Waals surface area contributed by atoms with Crippen LogP contribution in [0.1, 0.15) is 24.9 Å². The molecule has 23 heavy (non-hydrogen) atoms. The van der Waals surface area contributed by atoms with Gasteiger partial charge in [0.15, 0.2) is 10.9 Å². The number of rotatable bonds is 4. The molecule has 7 heteroatoms. The lowest BCUT2D eigenvalue weighted by atomic mass is 10.0. The van der Waals surface area contributed by atoms with Gasteiger partial charge in [-0.15, -0.1) is 0 Å². The van der Waals surface area contributed by atoms with Crippen molar-refractivity contribution in [3.05, 3.63) is 34.9 Å². The predicted octanol–water partition coefficient (Wildman–Crippen LogP) is 2.48. The summed E-state index contributed by atoms with van der Waals surface area (Å²) in [6, 6.07) is 6.30. The lowest BCUT2D eigenvalue weighted by Crippen LogP contribution is -2.46. The molecule has 0 aliphatic carbocycles. The van der Waals surface area contributed by atoms with E-state index in [1.54, 1.807) is 29.2 Å². The summed E-state index contributed by atoms with van der Waals surface area (Å²) in [5.41, 5.74) is 0.617. The van der Waals surface area contributed by atoms with Crippen LogP contribution in [0.2, 0.25) is 5.02 Å². The van der Waals surface area contributed by atoms with Gasteiger partial charge in [0, 0.05) is 18.5 Å². The fourth-order valence-corrected chi connectivity index (χ4v) is 3.72. The van der Waals surface area contributed by atoms with Crippen molar-refractivity contribution in [2.75, 3.05) is 20.2 Å². The van der Waals surface area contributed by atoms with Crippen molar-refractivity contribution in [1.82, 2.24) is 4.90 Å². The fourth-order valence-electron chi connectivity index (χ4n) is 2.65. The van der Waals surface area contributed by atoms with Crippen LogP contribution in [0.5, 0.6) is 0 Å². The molecule has 0 spiro atoms. The number of methoxy groups -OCH3 is 1. The number of nitrogens with zero attached hydrogens (tertiary/aromatic N) is 1. The van der Waals surface area contributed by atoms with Gasteiger partial charge < -0.3 is 4.74 Å². The van der Waals surface area contributed by atoms with Crippen LogP contribution in [0.3, 0.4) is 0 Å². The topological polar surface area (TPSA) is 63.7 Å². The highest BCUT2D eigenvalue weighted by molar-refractivity contribution is 8.14. The van der Waals surface area contributed by atoms with Crippen LogP contribution in [0.4, 0.5) is 0 Å². The lowest BCUT2D eigenvalue weighted by Gasteiger charge is -2.35. The molecular weight excluding hydrogens is 338 g/mol. The monoisotopic (exact) mass is 355 g/mol. The number of halogens is 1. The molecular formula is C16H18ClNO4S. The van der Waals surface area contributed by atoms with E-state index in [1.807, 2.05) is 0 Å². The second kappa shape index (κ2) is 7.95. The largest absolute Gasteiger partial charge is 0.468 e. The molecule has 0 amide bonds. The Morgan fingerprint density at radius 1 is 1.39 bits per heavy atom. The van der Waals surface area contributed by atoms with Crippen LogP contribution in [-0.4, -0.2) is 47.2 Å². The molecule has 5 nitrogen and oxygen atoms in total. The summed E-state index contributed by atoms with van der Waals surface area (Å²) in [6.07, 6.45) is 0.515. The minimum absolute atomic E-state index is 0.0580. The van der Waals surface area contributed by atoms with Crippen molar-refractivity contribution >= 4 is 40.2 Å². The lowest BCUT2D eigenvalue weighted by molar-refractivity contribution is -0.148. The van der Waals surface area contributed by atoms with Crippen LogP contribution in [0, 0.1) is 0 Å². The summed E-state index contributed by atoms with van der Waals surface area (Å²) in [7, 11) is 1.31. The molecule has 1 aromatic carbocycles. The number of ether oxygens (including phenoxy) is 1. The number of piperidine rings is 1. The Kier molecular flexibility index (Phi) is 6.21. The first-order chi connectivity index (χ1) is 10.9. The molecule has 2 atom stereocenters. The van der Waals surface area contributed by atoms with Crippen LogP contribution < -0.4 is 0 Å². The van der Waals surface area contributed by atoms with Gasteiger partial charge in [-0.25, -0.2) is 4.79 Å². The van der Waals surface area contributed by atoms with E-state index in [1.165, 1.54) is 14.0 Å². The van der Waals surface area contributed by atoms with Gasteiger partial charge in [0.05, 0.1) is 18.9 Å². The number of carbonyl (C=O) groups excluding carboxylic acids is 3. The smallest absolute Gasteiger partial charge is 0.327 e. The number of esters is 1. The first-order valence-corrected chi connectivity index (χ1v) is 8.46. The minimum atomic E-state index is -0.721. The van der Waals surface area contributed by atoms with Crippen molar-refractivity contribution in [3.63, 3.8) is 0 Å². The average Bonchev–Trinajstić information content (AvgIpc) is 2.51. The normalized spacial score (nSPS) is 20.1. The van der Waals surface area contributed by atoms with E-state index in [9.17, 15) is 14.4 Å². The third-order valence-corrected chi connectivity index (χ3v) is 5.15. The van der Waals surface area contributed by atoms with Gasteiger partial charge in [0.25, 0.3) is 0 Å². The van der Waals surface area contributed by atoms with E-state index in [0.717, 1.165) is 11.8 Å². The number of hydrogen-bond donors (Lipinski definition) is 0. The zero-order valence-electron chi connectivity index (χ0n) is 13.0. The van der Waals surface area contributed by atoms with E-state index in [2.05, 4.69) is 0 Å². The highest BCUT2D eigenvalue weighted by atomic mass is 35.5. The number of Topliss-reactive ketones (excluding diaryl/α,β-unsaturated/α-hetero) is 1. The van der Waals surface area contributed by atoms with Crippen molar-refractivity contribution in [2.45, 2.75) is 24.6 Å². The van der Waals surface area contributed by atoms with Crippen LogP contribution >= 0.6 is 23.4 Å². The molecule has 1 fully saturated rings. The van der Waals surface area contributed by atoms with E-state index >= 15 is 0 Å². The summed E-state index contributed by atoms with van der Waals surface area (Å²) in [5.74, 6) is -0.513. The summed E-state index contributed by atoms with van der Waals surface area (Å²) < 4.78 is 4.89. The van der Waals surface area contributed by atoms with Gasteiger partial charge in [-0.3, -0.25) is 14.5 Å². The standard InChI is InChI=1S/C16H18ClNO4S/c1-10(19)23-14-7-8-18(9-13(14)20)15(16(21)22-2)11-5-3-4-6-12(11)17/h3-6,14-15H,7-9H2,1-2H3/t14?,15-/m0/s1. The van der Waals surface area contributed by atoms with Crippen LogP contribution in [0.25, 0.3) is 0 Å². The molecule has 0 saturated carbocycles. The summed E-state index contributed by atoms with van der Waals surface area (Å²) in [6.45, 7) is 2.06. The van der Waals surface area contributed by atoms with Crippen molar-refractivity contribution in [3.8, 4) is 0 Å². The molecule has 1 aliphatic rings. The molecule has 2 rings (SSSR count). The minimum Gasteiger partial charge on any atom is -0.468 e. The van der Waals surface area contributed by atoms with E-state index in [4.69, 9.17) is 16.3 Å². The van der Waals surface area contributed by atoms with E-state index in [-0.39, 0.29) is 22.7 Å². The third kappa shape index (κ3) is 4.34. The zero-order valence-corrected chi connectivity index (χ0v) is 14.5. The second-order valence-corrected chi connectivity index (χ2v) is 7.06. The van der Waals surface area contributed by atoms with Gasteiger partial charge >= 0.3 is 5.97 Å². The SMILES string of the molecule is COC(=O)[C@H](c1ccccc1Cl)N1CCC(SC(C)=O)C(=O)C1. The fraction of sp³-hybridized carbons (Fsp3) is 0.438. The van der Waals surface area contributed by atoms with Gasteiger partial charge in [-0.2, -0.15) is 0 Å². The van der Waals surface area contributed by atoms with E-state index < -0.39 is 12.0 Å². The Bertz CT molecular complexity index is 622. The maximum Gasteiger partial charge on any atom is 0.327 e. The predicted molar refractivity (Wildman–Crippen MR) is 89.5 cm³/mol. The number of thioether (sulfide) groups is 1. The molecule has 0 radical (unpaired) electrons. The molecule has 1 unspecified atom stereocenters. The molecule has 1 aromatic rings. The number of hydrogen-bond acceptors (Lipinski definition) is 6. The average molecular weight is 356 g/mol. The Morgan fingerprint density at radius 2 is 2.09 bits per heavy atom. The molecule has 124 valence electrons. The highest BCUT2D eigenvalue weighted by Crippen LogP contribution is 2.32. The highest BCUT2D eigenvalue weighted by Gasteiger charge is 2.37. The first-order valence-electron chi connectivity index (χ1n) is 7.20. The number of benzene rings is 1. The number of ketones is 1. The first kappa shape index (κ1) is 18.0. The Labute approximate surface area is 144 Å². The summed E-state index contributed by atoms with van der Waals surface area (Å²) in [5, 5.41) is 0.0382. The maximum atomic E-state index is 12.3. The quantitative estimate of drug-likeness (QED) is 0.773. The molecule has 0 bridgehead atoms. The molecule has 1 aliphatic heterocycles. The van der Waals surface area contributed by atoms with Crippen LogP contribution in [0.15, 0.2) is 24.3 Å². The molecule has 0 aromatic heterocycles. The molecule has 0 N–H and O–H groups in total. The second-order valence-electron chi connectivity index (χ2n) is 5.27. The van der Waals surface area contributed by atoms with Crippen molar-refractivity contribution < 1.29 is 19.1 Å². The Morgan fingerprint density at radius 3 is 2.65 bits per heavy atom. The summed E-state index contributed by atoms with van der Waals surface area (Å²) in [4.78, 5) is 37.5. The molecule has 1 saturated heterocycles. The van der Waals surface area contributed by atoms with Crippen molar-refractivity contribution in [2.24, 2.45) is 0 Å². The van der Waals surface area contributed by atoms with E-state index in [0.29, 0.717) is 23.6 Å². The van der Waals surface area contributed by atoms with Gasteiger partial charge in [-0.05, 0) is 18.1 Å². The van der Waals surface area contributed by atoms with Gasteiger partial charge in [0.1, 0.15) is 6.04 Å². The number of carbonyl (C=O) groups is 3. The van der Waals surface area contributed by atoms with Crippen molar-refractivity contribution in [1.29, 1.82) is 0 Å². The Balaban J connectivity index is 2.22. The Hall–Kier alpha value is -1.37. The van der Waals surface area contributed by atoms with Gasteiger partial charge in [-0.1, -0.05) is 41.6 Å². The third-order valence-electron chi connectivity index (χ3n) is 3.69. The van der Waals surface area contributed by atoms with Crippen LogP contribution in [-0.2, 0) is 19.1 Å². The maximum absolute atomic E-state index is 12.3. The summed E-state index contributed by atoms with van der Waals surface area (Å²) >= 11 is 7.26. The number of likely N-dealkylation sites (tertiary alicyclic amines) is 1. The molecule has 1 heterocycles. The van der Waals surface area contributed by atoms with Gasteiger partial charge in [0.2, 0.25) is 0 Å². The zero-order chi connectivity index (χ0) is 17.0.